The number of rotatable bonds is 7. The minimum atomic E-state index is -0.367. The quantitative estimate of drug-likeness (QED) is 0.460. The molecule has 7 nitrogen and oxygen atoms in total. The third kappa shape index (κ3) is 3.65. The lowest BCUT2D eigenvalue weighted by Gasteiger charge is -2.66. The maximum Gasteiger partial charge on any atom is 0.337 e. The zero-order valence-corrected chi connectivity index (χ0v) is 22.8. The van der Waals surface area contributed by atoms with Crippen LogP contribution in [0.5, 0.6) is 11.5 Å². The fourth-order valence-corrected chi connectivity index (χ4v) is 9.00. The third-order valence-electron chi connectivity index (χ3n) is 10.6. The highest BCUT2D eigenvalue weighted by Gasteiger charge is 2.73. The summed E-state index contributed by atoms with van der Waals surface area (Å²) in [6.45, 7) is 2.29. The minimum absolute atomic E-state index is 0.0272. The van der Waals surface area contributed by atoms with Gasteiger partial charge in [-0.05, 0) is 85.6 Å². The molecule has 0 saturated heterocycles. The van der Waals surface area contributed by atoms with Crippen LogP contribution in [0.4, 0.5) is 0 Å². The monoisotopic (exact) mass is 530 g/mol. The molecule has 0 aromatic heterocycles. The van der Waals surface area contributed by atoms with E-state index in [9.17, 15) is 14.7 Å². The Hall–Kier alpha value is -3.06. The molecule has 3 N–H and O–H groups in total. The number of amides is 1. The lowest BCUT2D eigenvalue weighted by Crippen LogP contribution is -2.78. The van der Waals surface area contributed by atoms with Gasteiger partial charge in [-0.25, -0.2) is 4.79 Å². The third-order valence-corrected chi connectivity index (χ3v) is 10.6. The summed E-state index contributed by atoms with van der Waals surface area (Å²) in [7, 11) is 1.39. The van der Waals surface area contributed by atoms with Crippen molar-refractivity contribution >= 4 is 11.9 Å². The van der Waals surface area contributed by atoms with Gasteiger partial charge in [0.05, 0.1) is 23.6 Å². The van der Waals surface area contributed by atoms with E-state index < -0.39 is 0 Å². The van der Waals surface area contributed by atoms with Crippen LogP contribution >= 0.6 is 0 Å². The summed E-state index contributed by atoms with van der Waals surface area (Å²) in [5.74, 6) is 2.32. The van der Waals surface area contributed by atoms with Crippen LogP contribution in [0.2, 0.25) is 0 Å². The first kappa shape index (κ1) is 24.9. The Labute approximate surface area is 229 Å². The Kier molecular flexibility index (Phi) is 5.74. The first-order valence-electron chi connectivity index (χ1n) is 14.6. The van der Waals surface area contributed by atoms with Crippen molar-refractivity contribution in [3.8, 4) is 11.5 Å². The van der Waals surface area contributed by atoms with Gasteiger partial charge in [0.2, 0.25) is 5.91 Å². The van der Waals surface area contributed by atoms with Gasteiger partial charge < -0.3 is 25.2 Å². The Morgan fingerprint density at radius 3 is 2.59 bits per heavy atom. The molecule has 3 fully saturated rings. The fraction of sp³-hybridized carbons (Fsp3) is 0.562. The smallest absolute Gasteiger partial charge is 0.337 e. The van der Waals surface area contributed by atoms with E-state index in [4.69, 9.17) is 9.47 Å². The van der Waals surface area contributed by atoms with Gasteiger partial charge in [0.1, 0.15) is 6.10 Å². The predicted octanol–water partition coefficient (Wildman–Crippen LogP) is 4.39. The fourth-order valence-electron chi connectivity index (χ4n) is 9.00. The second-order valence-electron chi connectivity index (χ2n) is 12.6. The standard InChI is InChI=1S/C32H38N2O5/c1-18(35)34-32-14-12-25(33-17-20-5-7-21(8-6-20)30(37)38-2)29-31(32)13-11-22(15-19-3-4-19)24(32)16-23-9-10-26(36)28(39-29)27(23)31/h5-10,19,22,24-25,29,33,36H,3-4,11-17H2,1-2H3,(H,34,35)/t22?,24-,25+,29-,31?,32+/m0/s1. The molecule has 39 heavy (non-hydrogen) atoms. The van der Waals surface area contributed by atoms with Crippen LogP contribution in [0.1, 0.15) is 78.9 Å². The van der Waals surface area contributed by atoms with Crippen LogP contribution in [0, 0.1) is 17.8 Å². The molecule has 4 aliphatic carbocycles. The van der Waals surface area contributed by atoms with Gasteiger partial charge in [-0.3, -0.25) is 4.79 Å². The summed E-state index contributed by atoms with van der Waals surface area (Å²) in [5, 5.41) is 18.3. The molecule has 6 atom stereocenters. The topological polar surface area (TPSA) is 96.9 Å². The normalized spacial score (nSPS) is 33.6. The lowest BCUT2D eigenvalue weighted by molar-refractivity contribution is -0.134. The average molecular weight is 531 g/mol. The van der Waals surface area contributed by atoms with Crippen LogP contribution in [-0.4, -0.2) is 41.8 Å². The molecule has 0 radical (unpaired) electrons. The number of ether oxygens (including phenoxy) is 2. The van der Waals surface area contributed by atoms with Crippen LogP contribution in [0.3, 0.4) is 0 Å². The Morgan fingerprint density at radius 2 is 1.87 bits per heavy atom. The molecule has 5 aliphatic rings. The molecule has 1 spiro atoms. The van der Waals surface area contributed by atoms with Crippen LogP contribution in [-0.2, 0) is 27.9 Å². The van der Waals surface area contributed by atoms with Crippen LogP contribution in [0.15, 0.2) is 36.4 Å². The zero-order valence-electron chi connectivity index (χ0n) is 22.8. The molecule has 2 bridgehead atoms. The highest BCUT2D eigenvalue weighted by atomic mass is 16.5. The van der Waals surface area contributed by atoms with E-state index in [0.717, 1.165) is 49.1 Å². The van der Waals surface area contributed by atoms with Crippen molar-refractivity contribution in [3.63, 3.8) is 0 Å². The molecular formula is C32H38N2O5. The maximum absolute atomic E-state index is 12.9. The van der Waals surface area contributed by atoms with E-state index in [2.05, 4.69) is 16.7 Å². The SMILES string of the molecule is COC(=O)c1ccc(CN[C@@H]2CC[C@@]3(NC(C)=O)[C@H]4Cc5ccc(O)c6c5C3(CCC4CC3CC3)[C@H]2O6)cc1. The number of carbonyl (C=O) groups is 2. The number of aromatic hydroxyl groups is 1. The van der Waals surface area contributed by atoms with Gasteiger partial charge >= 0.3 is 5.97 Å². The summed E-state index contributed by atoms with van der Waals surface area (Å²) in [4.78, 5) is 24.7. The largest absolute Gasteiger partial charge is 0.504 e. The van der Waals surface area contributed by atoms with Gasteiger partial charge in [-0.15, -0.1) is 0 Å². The number of methoxy groups -OCH3 is 1. The summed E-state index contributed by atoms with van der Waals surface area (Å²) in [5.41, 5.74) is 3.31. The molecule has 7 heteroatoms. The van der Waals surface area contributed by atoms with Crippen molar-refractivity contribution in [2.75, 3.05) is 7.11 Å². The molecular weight excluding hydrogens is 492 g/mol. The zero-order chi connectivity index (χ0) is 26.9. The Balaban J connectivity index is 1.25. The molecule has 2 aromatic rings. The van der Waals surface area contributed by atoms with E-state index >= 15 is 0 Å². The van der Waals surface area contributed by atoms with Crippen LogP contribution in [0.25, 0.3) is 0 Å². The molecule has 1 aliphatic heterocycles. The molecule has 1 heterocycles. The number of esters is 1. The number of hydrogen-bond acceptors (Lipinski definition) is 6. The van der Waals surface area contributed by atoms with Gasteiger partial charge in [-0.2, -0.15) is 0 Å². The number of nitrogens with one attached hydrogen (secondary N) is 2. The number of carbonyl (C=O) groups excluding carboxylic acids is 2. The van der Waals surface area contributed by atoms with Gasteiger partial charge in [0.15, 0.2) is 11.5 Å². The second-order valence-corrected chi connectivity index (χ2v) is 12.6. The average Bonchev–Trinajstić information content (AvgIpc) is 3.67. The number of hydrogen-bond donors (Lipinski definition) is 3. The van der Waals surface area contributed by atoms with Crippen molar-refractivity contribution < 1.29 is 24.2 Å². The van der Waals surface area contributed by atoms with E-state index in [1.165, 1.54) is 31.9 Å². The van der Waals surface area contributed by atoms with Crippen molar-refractivity contribution in [2.24, 2.45) is 17.8 Å². The summed E-state index contributed by atoms with van der Waals surface area (Å²) in [6, 6.07) is 11.5. The van der Waals surface area contributed by atoms with Crippen molar-refractivity contribution in [1.82, 2.24) is 10.6 Å². The van der Waals surface area contributed by atoms with Crippen molar-refractivity contribution in [3.05, 3.63) is 58.7 Å². The molecule has 3 saturated carbocycles. The van der Waals surface area contributed by atoms with E-state index in [1.807, 2.05) is 12.1 Å². The van der Waals surface area contributed by atoms with Gasteiger partial charge in [0, 0.05) is 25.1 Å². The van der Waals surface area contributed by atoms with Crippen LogP contribution < -0.4 is 15.4 Å². The lowest BCUT2D eigenvalue weighted by atomic mass is 9.41. The Morgan fingerprint density at radius 1 is 1.08 bits per heavy atom. The van der Waals surface area contributed by atoms with Crippen molar-refractivity contribution in [2.45, 2.75) is 87.9 Å². The van der Waals surface area contributed by atoms with E-state index in [0.29, 0.717) is 29.7 Å². The maximum atomic E-state index is 12.9. The molecule has 1 amide bonds. The predicted molar refractivity (Wildman–Crippen MR) is 146 cm³/mol. The molecule has 206 valence electrons. The molecule has 2 aromatic carbocycles. The summed E-state index contributed by atoms with van der Waals surface area (Å²) >= 11 is 0. The first-order chi connectivity index (χ1) is 18.9. The minimum Gasteiger partial charge on any atom is -0.504 e. The molecule has 2 unspecified atom stereocenters. The summed E-state index contributed by atoms with van der Waals surface area (Å²) in [6.07, 6.45) is 8.57. The number of benzene rings is 2. The first-order valence-corrected chi connectivity index (χ1v) is 14.6. The van der Waals surface area contributed by atoms with Gasteiger partial charge in [0.25, 0.3) is 0 Å². The van der Waals surface area contributed by atoms with E-state index in [1.54, 1.807) is 25.1 Å². The number of phenols is 1. The number of phenolic OH excluding ortho intramolecular Hbond substituents is 1. The molecule has 7 rings (SSSR count). The highest BCUT2D eigenvalue weighted by Crippen LogP contribution is 2.69. The highest BCUT2D eigenvalue weighted by molar-refractivity contribution is 5.89. The van der Waals surface area contributed by atoms with Gasteiger partial charge in [-0.1, -0.05) is 31.0 Å². The van der Waals surface area contributed by atoms with Crippen molar-refractivity contribution in [1.29, 1.82) is 0 Å². The Bertz CT molecular complexity index is 1320. The second kappa shape index (κ2) is 8.98. The van der Waals surface area contributed by atoms with E-state index in [-0.39, 0.29) is 40.7 Å². The summed E-state index contributed by atoms with van der Waals surface area (Å²) < 4.78 is 11.6.